The summed E-state index contributed by atoms with van der Waals surface area (Å²) in [6.45, 7) is 7.33. The minimum atomic E-state index is 0.251. The van der Waals surface area contributed by atoms with Gasteiger partial charge in [0.05, 0.1) is 6.54 Å². The molecule has 1 atom stereocenters. The van der Waals surface area contributed by atoms with E-state index in [1.165, 1.54) is 18.4 Å². The van der Waals surface area contributed by atoms with Crippen molar-refractivity contribution >= 4 is 21.8 Å². The Hall–Kier alpha value is -0.910. The Kier molecular flexibility index (Phi) is 5.72. The van der Waals surface area contributed by atoms with Gasteiger partial charge in [0.1, 0.15) is 0 Å². The molecule has 0 spiro atoms. The zero-order valence-corrected chi connectivity index (χ0v) is 15.4. The Balaban J connectivity index is 1.43. The Labute approximate surface area is 147 Å². The normalized spacial score (nSPS) is 20.5. The second-order valence-electron chi connectivity index (χ2n) is 6.72. The van der Waals surface area contributed by atoms with E-state index in [4.69, 9.17) is 0 Å². The topological polar surface area (TPSA) is 35.6 Å². The van der Waals surface area contributed by atoms with Gasteiger partial charge in [-0.3, -0.25) is 9.69 Å². The van der Waals surface area contributed by atoms with Crippen LogP contribution in [0.1, 0.15) is 31.4 Å². The lowest BCUT2D eigenvalue weighted by Crippen LogP contribution is -2.51. The van der Waals surface area contributed by atoms with Gasteiger partial charge in [0, 0.05) is 36.7 Å². The third-order valence-corrected chi connectivity index (χ3v) is 5.50. The second kappa shape index (κ2) is 7.77. The molecule has 1 aromatic rings. The van der Waals surface area contributed by atoms with E-state index in [2.05, 4.69) is 57.3 Å². The van der Waals surface area contributed by atoms with E-state index in [1.54, 1.807) is 0 Å². The average molecular weight is 380 g/mol. The number of carbonyl (C=O) groups excluding carboxylic acids is 1. The predicted octanol–water partition coefficient (Wildman–Crippen LogP) is 2.65. The Morgan fingerprint density at radius 1 is 1.22 bits per heavy atom. The zero-order valence-electron chi connectivity index (χ0n) is 13.8. The van der Waals surface area contributed by atoms with Crippen molar-refractivity contribution in [3.05, 3.63) is 34.3 Å². The summed E-state index contributed by atoms with van der Waals surface area (Å²) < 4.78 is 1.11. The van der Waals surface area contributed by atoms with Crippen LogP contribution in [0.2, 0.25) is 0 Å². The first-order valence-corrected chi connectivity index (χ1v) is 9.41. The molecule has 1 aliphatic heterocycles. The minimum absolute atomic E-state index is 0.251. The van der Waals surface area contributed by atoms with Crippen LogP contribution in [-0.4, -0.2) is 55.0 Å². The van der Waals surface area contributed by atoms with Gasteiger partial charge in [-0.1, -0.05) is 28.1 Å². The van der Waals surface area contributed by atoms with Crippen molar-refractivity contribution in [2.45, 2.75) is 25.8 Å². The summed E-state index contributed by atoms with van der Waals surface area (Å²) in [5.74, 6) is 1.08. The van der Waals surface area contributed by atoms with Crippen LogP contribution >= 0.6 is 15.9 Å². The summed E-state index contributed by atoms with van der Waals surface area (Å²) in [6, 6.07) is 8.93. The van der Waals surface area contributed by atoms with Crippen molar-refractivity contribution < 1.29 is 4.79 Å². The molecule has 1 saturated heterocycles. The predicted molar refractivity (Wildman–Crippen MR) is 96.3 cm³/mol. The summed E-state index contributed by atoms with van der Waals surface area (Å²) in [4.78, 5) is 16.7. The molecule has 2 fully saturated rings. The lowest BCUT2D eigenvalue weighted by molar-refractivity contribution is -0.132. The maximum atomic E-state index is 12.2. The van der Waals surface area contributed by atoms with E-state index in [9.17, 15) is 4.79 Å². The molecule has 1 heterocycles. The van der Waals surface area contributed by atoms with Crippen LogP contribution in [0, 0.1) is 5.92 Å². The van der Waals surface area contributed by atoms with Crippen LogP contribution in [0.5, 0.6) is 0 Å². The van der Waals surface area contributed by atoms with E-state index in [-0.39, 0.29) is 5.91 Å². The van der Waals surface area contributed by atoms with Gasteiger partial charge in [0.2, 0.25) is 5.91 Å². The molecular weight excluding hydrogens is 354 g/mol. The number of hydrogen-bond acceptors (Lipinski definition) is 3. The summed E-state index contributed by atoms with van der Waals surface area (Å²) in [5.41, 5.74) is 1.33. The molecule has 1 amide bonds. The summed E-state index contributed by atoms with van der Waals surface area (Å²) in [5, 5.41) is 3.30. The number of halogens is 1. The second-order valence-corrected chi connectivity index (χ2v) is 7.63. The zero-order chi connectivity index (χ0) is 16.2. The van der Waals surface area contributed by atoms with Crippen molar-refractivity contribution in [3.63, 3.8) is 0 Å². The standard InChI is InChI=1S/C18H26BrN3O/c1-14(16-4-6-17(19)7-5-16)21-8-10-22(11-9-21)18(23)13-20-12-15-2-3-15/h4-7,14-15,20H,2-3,8-13H2,1H3. The van der Waals surface area contributed by atoms with Gasteiger partial charge in [-0.05, 0) is 49.9 Å². The van der Waals surface area contributed by atoms with Crippen LogP contribution in [0.25, 0.3) is 0 Å². The van der Waals surface area contributed by atoms with E-state index in [0.717, 1.165) is 43.1 Å². The van der Waals surface area contributed by atoms with Gasteiger partial charge in [0.25, 0.3) is 0 Å². The number of hydrogen-bond donors (Lipinski definition) is 1. The highest BCUT2D eigenvalue weighted by molar-refractivity contribution is 9.10. The molecule has 4 nitrogen and oxygen atoms in total. The fourth-order valence-electron chi connectivity index (χ4n) is 3.13. The molecule has 0 aromatic heterocycles. The Morgan fingerprint density at radius 2 is 1.87 bits per heavy atom. The summed E-state index contributed by atoms with van der Waals surface area (Å²) >= 11 is 3.48. The highest BCUT2D eigenvalue weighted by Gasteiger charge is 2.25. The molecule has 1 aromatic carbocycles. The van der Waals surface area contributed by atoms with Crippen LogP contribution in [0.4, 0.5) is 0 Å². The summed E-state index contributed by atoms with van der Waals surface area (Å²) in [7, 11) is 0. The van der Waals surface area contributed by atoms with Gasteiger partial charge in [-0.2, -0.15) is 0 Å². The van der Waals surface area contributed by atoms with Crippen LogP contribution in [0.3, 0.4) is 0 Å². The SMILES string of the molecule is CC(c1ccc(Br)cc1)N1CCN(C(=O)CNCC2CC2)CC1. The highest BCUT2D eigenvalue weighted by atomic mass is 79.9. The summed E-state index contributed by atoms with van der Waals surface area (Å²) in [6.07, 6.45) is 2.65. The molecule has 5 heteroatoms. The minimum Gasteiger partial charge on any atom is -0.339 e. The van der Waals surface area contributed by atoms with Gasteiger partial charge in [0.15, 0.2) is 0 Å². The first-order valence-electron chi connectivity index (χ1n) is 8.61. The first kappa shape index (κ1) is 16.9. The van der Waals surface area contributed by atoms with Crippen LogP contribution in [0.15, 0.2) is 28.7 Å². The Morgan fingerprint density at radius 3 is 2.48 bits per heavy atom. The number of rotatable bonds is 6. The molecule has 126 valence electrons. The number of nitrogens with one attached hydrogen (secondary N) is 1. The quantitative estimate of drug-likeness (QED) is 0.824. The van der Waals surface area contributed by atoms with Gasteiger partial charge >= 0.3 is 0 Å². The molecular formula is C18H26BrN3O. The molecule has 1 N–H and O–H groups in total. The van der Waals surface area contributed by atoms with Gasteiger partial charge < -0.3 is 10.2 Å². The van der Waals surface area contributed by atoms with E-state index in [0.29, 0.717) is 12.6 Å². The maximum Gasteiger partial charge on any atom is 0.236 e. The van der Waals surface area contributed by atoms with Gasteiger partial charge in [-0.15, -0.1) is 0 Å². The molecule has 23 heavy (non-hydrogen) atoms. The van der Waals surface area contributed by atoms with Gasteiger partial charge in [-0.25, -0.2) is 0 Å². The molecule has 2 aliphatic rings. The molecule has 1 unspecified atom stereocenters. The van der Waals surface area contributed by atoms with E-state index in [1.807, 2.05) is 4.90 Å². The van der Waals surface area contributed by atoms with Crippen molar-refractivity contribution in [3.8, 4) is 0 Å². The third-order valence-electron chi connectivity index (χ3n) is 4.97. The molecule has 1 saturated carbocycles. The number of benzene rings is 1. The lowest BCUT2D eigenvalue weighted by atomic mass is 10.1. The average Bonchev–Trinajstić information content (AvgIpc) is 3.39. The lowest BCUT2D eigenvalue weighted by Gasteiger charge is -2.38. The fraction of sp³-hybridized carbons (Fsp3) is 0.611. The smallest absolute Gasteiger partial charge is 0.236 e. The van der Waals surface area contributed by atoms with Crippen molar-refractivity contribution in [1.29, 1.82) is 0 Å². The third kappa shape index (κ3) is 4.78. The molecule has 3 rings (SSSR count). The van der Waals surface area contributed by atoms with Crippen LogP contribution < -0.4 is 5.32 Å². The van der Waals surface area contributed by atoms with E-state index >= 15 is 0 Å². The Bertz CT molecular complexity index is 522. The fourth-order valence-corrected chi connectivity index (χ4v) is 3.39. The monoisotopic (exact) mass is 379 g/mol. The first-order chi connectivity index (χ1) is 11.1. The molecule has 0 bridgehead atoms. The number of carbonyl (C=O) groups is 1. The number of amides is 1. The van der Waals surface area contributed by atoms with Crippen LogP contribution in [-0.2, 0) is 4.79 Å². The molecule has 1 aliphatic carbocycles. The van der Waals surface area contributed by atoms with Crippen molar-refractivity contribution in [1.82, 2.24) is 15.1 Å². The van der Waals surface area contributed by atoms with Crippen molar-refractivity contribution in [2.24, 2.45) is 5.92 Å². The largest absolute Gasteiger partial charge is 0.339 e. The number of piperazine rings is 1. The van der Waals surface area contributed by atoms with Crippen molar-refractivity contribution in [2.75, 3.05) is 39.3 Å². The highest BCUT2D eigenvalue weighted by Crippen LogP contribution is 2.27. The van der Waals surface area contributed by atoms with E-state index < -0.39 is 0 Å². The molecule has 0 radical (unpaired) electrons. The maximum absolute atomic E-state index is 12.2. The number of nitrogens with zero attached hydrogens (tertiary/aromatic N) is 2.